The monoisotopic (exact) mass is 389 g/mol. The highest BCUT2D eigenvalue weighted by Gasteiger charge is 2.17. The average molecular weight is 390 g/mol. The van der Waals surface area contributed by atoms with Crippen molar-refractivity contribution >= 4 is 45.6 Å². The zero-order valence-electron chi connectivity index (χ0n) is 14.4. The summed E-state index contributed by atoms with van der Waals surface area (Å²) in [4.78, 5) is 17.4. The third-order valence-electron chi connectivity index (χ3n) is 5.11. The van der Waals surface area contributed by atoms with Crippen molar-refractivity contribution in [3.8, 4) is 0 Å². The van der Waals surface area contributed by atoms with E-state index in [-0.39, 0.29) is 5.69 Å². The number of halogens is 2. The molecule has 1 fully saturated rings. The first kappa shape index (κ1) is 17.5. The molecule has 3 aromatic rings. The molecule has 0 aliphatic heterocycles. The van der Waals surface area contributed by atoms with Gasteiger partial charge in [-0.25, -0.2) is 4.79 Å². The van der Waals surface area contributed by atoms with Crippen LogP contribution < -0.4 is 11.0 Å². The van der Waals surface area contributed by atoms with E-state index in [0.29, 0.717) is 16.0 Å². The summed E-state index contributed by atoms with van der Waals surface area (Å²) in [7, 11) is 0. The first-order chi connectivity index (χ1) is 12.6. The number of rotatable bonds is 4. The Morgan fingerprint density at radius 2 is 1.58 bits per heavy atom. The second kappa shape index (κ2) is 7.37. The van der Waals surface area contributed by atoms with Gasteiger partial charge in [0.1, 0.15) is 0 Å². The number of aromatic nitrogens is 2. The lowest BCUT2D eigenvalue weighted by atomic mass is 9.84. The number of nitrogens with one attached hydrogen (secondary N) is 3. The van der Waals surface area contributed by atoms with Crippen LogP contribution in [0.5, 0.6) is 0 Å². The summed E-state index contributed by atoms with van der Waals surface area (Å²) in [5, 5.41) is 4.62. The molecule has 4 rings (SSSR count). The molecule has 0 spiro atoms. The number of aromatic amines is 2. The number of benzene rings is 2. The predicted molar refractivity (Wildman–Crippen MR) is 109 cm³/mol. The van der Waals surface area contributed by atoms with Crippen LogP contribution in [0, 0.1) is 5.92 Å². The van der Waals surface area contributed by atoms with Gasteiger partial charge >= 0.3 is 5.69 Å². The van der Waals surface area contributed by atoms with Crippen molar-refractivity contribution < 1.29 is 0 Å². The van der Waals surface area contributed by atoms with Gasteiger partial charge in [-0.3, -0.25) is 0 Å². The molecule has 2 aromatic carbocycles. The topological polar surface area (TPSA) is 60.7 Å². The molecule has 1 aliphatic carbocycles. The molecule has 1 aliphatic rings. The first-order valence-electron chi connectivity index (χ1n) is 9.05. The molecule has 1 aromatic heterocycles. The van der Waals surface area contributed by atoms with Gasteiger partial charge in [0.25, 0.3) is 0 Å². The molecule has 1 saturated carbocycles. The zero-order valence-corrected chi connectivity index (χ0v) is 15.9. The van der Waals surface area contributed by atoms with Crippen LogP contribution in [0.1, 0.15) is 37.7 Å². The van der Waals surface area contributed by atoms with E-state index in [9.17, 15) is 4.79 Å². The van der Waals surface area contributed by atoms with Crippen LogP contribution in [-0.4, -0.2) is 9.97 Å². The lowest BCUT2D eigenvalue weighted by Crippen LogP contribution is -2.10. The maximum Gasteiger partial charge on any atom is 0.323 e. The number of H-pyrrole nitrogens is 2. The average Bonchev–Trinajstić information content (AvgIpc) is 2.94. The Kier molecular flexibility index (Phi) is 4.96. The molecule has 6 heteroatoms. The smallest absolute Gasteiger partial charge is 0.323 e. The quantitative estimate of drug-likeness (QED) is 0.509. The molecule has 136 valence electrons. The molecule has 0 radical (unpaired) electrons. The van der Waals surface area contributed by atoms with E-state index in [4.69, 9.17) is 23.2 Å². The minimum atomic E-state index is -0.188. The van der Waals surface area contributed by atoms with E-state index in [1.807, 2.05) is 18.2 Å². The van der Waals surface area contributed by atoms with E-state index < -0.39 is 0 Å². The van der Waals surface area contributed by atoms with Crippen LogP contribution in [0.4, 0.5) is 11.4 Å². The predicted octanol–water partition coefficient (Wildman–Crippen LogP) is 6.03. The lowest BCUT2D eigenvalue weighted by Gasteiger charge is -2.23. The third kappa shape index (κ3) is 3.92. The Hall–Kier alpha value is -1.91. The maximum atomic E-state index is 11.7. The van der Waals surface area contributed by atoms with Crippen molar-refractivity contribution in [3.05, 3.63) is 56.4 Å². The Labute approximate surface area is 161 Å². The molecule has 0 amide bonds. The molecule has 3 N–H and O–H groups in total. The highest BCUT2D eigenvalue weighted by molar-refractivity contribution is 6.35. The van der Waals surface area contributed by atoms with Crippen LogP contribution in [0.2, 0.25) is 10.0 Å². The normalized spacial score (nSPS) is 15.5. The van der Waals surface area contributed by atoms with Crippen molar-refractivity contribution in [2.45, 2.75) is 38.5 Å². The van der Waals surface area contributed by atoms with Gasteiger partial charge in [-0.2, -0.15) is 0 Å². The van der Waals surface area contributed by atoms with Gasteiger partial charge in [-0.05, 0) is 48.2 Å². The molecular formula is C20H21Cl2N3O. The largest absolute Gasteiger partial charge is 0.355 e. The second-order valence-electron chi connectivity index (χ2n) is 7.13. The summed E-state index contributed by atoms with van der Waals surface area (Å²) in [5.74, 6) is 0.690. The second-order valence-corrected chi connectivity index (χ2v) is 8.00. The number of imidazole rings is 1. The Morgan fingerprint density at radius 1 is 0.923 bits per heavy atom. The molecule has 0 atom stereocenters. The van der Waals surface area contributed by atoms with Crippen molar-refractivity contribution in [3.63, 3.8) is 0 Å². The van der Waals surface area contributed by atoms with Gasteiger partial charge in [0.15, 0.2) is 0 Å². The Bertz CT molecular complexity index is 966. The Morgan fingerprint density at radius 3 is 2.27 bits per heavy atom. The fourth-order valence-electron chi connectivity index (χ4n) is 3.90. The summed E-state index contributed by atoms with van der Waals surface area (Å²) in [6, 6.07) is 9.48. The van der Waals surface area contributed by atoms with Gasteiger partial charge in [0.2, 0.25) is 0 Å². The summed E-state index contributed by atoms with van der Waals surface area (Å²) in [5.41, 5.74) is 4.47. The van der Waals surface area contributed by atoms with Crippen LogP contribution in [0.15, 0.2) is 35.1 Å². The van der Waals surface area contributed by atoms with E-state index in [2.05, 4.69) is 21.4 Å². The molecular weight excluding hydrogens is 369 g/mol. The number of fused-ring (bicyclic) bond motifs is 1. The third-order valence-corrected chi connectivity index (χ3v) is 5.55. The van der Waals surface area contributed by atoms with Gasteiger partial charge in [-0.15, -0.1) is 0 Å². The molecule has 1 heterocycles. The van der Waals surface area contributed by atoms with Crippen LogP contribution in [-0.2, 0) is 6.42 Å². The summed E-state index contributed by atoms with van der Waals surface area (Å²) < 4.78 is 0. The van der Waals surface area contributed by atoms with E-state index in [1.165, 1.54) is 37.7 Å². The molecule has 26 heavy (non-hydrogen) atoms. The van der Waals surface area contributed by atoms with Gasteiger partial charge < -0.3 is 15.3 Å². The zero-order chi connectivity index (χ0) is 18.1. The van der Waals surface area contributed by atoms with Crippen LogP contribution in [0.25, 0.3) is 11.0 Å². The Balaban J connectivity index is 1.72. The number of anilines is 2. The summed E-state index contributed by atoms with van der Waals surface area (Å²) >= 11 is 12.3. The van der Waals surface area contributed by atoms with E-state index in [0.717, 1.165) is 28.8 Å². The van der Waals surface area contributed by atoms with Gasteiger partial charge in [0, 0.05) is 21.4 Å². The maximum absolute atomic E-state index is 11.7. The van der Waals surface area contributed by atoms with E-state index >= 15 is 0 Å². The highest BCUT2D eigenvalue weighted by atomic mass is 35.5. The fourth-order valence-corrected chi connectivity index (χ4v) is 4.42. The molecule has 0 saturated heterocycles. The fraction of sp³-hybridized carbons (Fsp3) is 0.350. The van der Waals surface area contributed by atoms with Crippen molar-refractivity contribution in [1.82, 2.24) is 9.97 Å². The van der Waals surface area contributed by atoms with Crippen molar-refractivity contribution in [2.75, 3.05) is 5.32 Å². The van der Waals surface area contributed by atoms with Crippen LogP contribution in [0.3, 0.4) is 0 Å². The number of hydrogen-bond acceptors (Lipinski definition) is 2. The number of hydrogen-bond donors (Lipinski definition) is 3. The van der Waals surface area contributed by atoms with Gasteiger partial charge in [0.05, 0.1) is 11.0 Å². The molecule has 0 unspecified atom stereocenters. The minimum Gasteiger partial charge on any atom is -0.355 e. The summed E-state index contributed by atoms with van der Waals surface area (Å²) in [6.45, 7) is 0. The van der Waals surface area contributed by atoms with Crippen molar-refractivity contribution in [2.24, 2.45) is 5.92 Å². The van der Waals surface area contributed by atoms with E-state index in [1.54, 1.807) is 6.07 Å². The molecule has 0 bridgehead atoms. The summed E-state index contributed by atoms with van der Waals surface area (Å²) in [6.07, 6.45) is 7.49. The standard InChI is InChI=1S/C20H21Cl2N3O/c21-14-8-15(22)10-16(9-14)23-17-11-19-18(24-20(26)25-19)7-13(17)6-12-4-2-1-3-5-12/h7-12,23H,1-6H2,(H2,24,25,26). The van der Waals surface area contributed by atoms with Gasteiger partial charge in [-0.1, -0.05) is 55.3 Å². The lowest BCUT2D eigenvalue weighted by molar-refractivity contribution is 0.357. The molecule has 4 nitrogen and oxygen atoms in total. The first-order valence-corrected chi connectivity index (χ1v) is 9.80. The SMILES string of the molecule is O=c1[nH]c2cc(CC3CCCCC3)c(Nc3cc(Cl)cc(Cl)c3)cc2[nH]1. The highest BCUT2D eigenvalue weighted by Crippen LogP contribution is 2.33. The minimum absolute atomic E-state index is 0.188. The van der Waals surface area contributed by atoms with Crippen LogP contribution >= 0.6 is 23.2 Å². The van der Waals surface area contributed by atoms with Crippen molar-refractivity contribution in [1.29, 1.82) is 0 Å².